The molecule has 0 amide bonds. The number of nitrogens with zero attached hydrogens (tertiary/aromatic N) is 3. The van der Waals surface area contributed by atoms with E-state index in [1.165, 1.54) is 0 Å². The number of sulfone groups is 1. The maximum absolute atomic E-state index is 11.6. The smallest absolute Gasteiger partial charge is 0.194 e. The lowest BCUT2D eigenvalue weighted by Crippen LogP contribution is -2.52. The molecule has 0 saturated carbocycles. The van der Waals surface area contributed by atoms with Crippen LogP contribution < -0.4 is 10.2 Å². The van der Waals surface area contributed by atoms with Gasteiger partial charge >= 0.3 is 0 Å². The highest BCUT2D eigenvalue weighted by Crippen LogP contribution is 2.21. The Labute approximate surface area is 184 Å². The molecule has 0 spiro atoms. The maximum atomic E-state index is 11.6. The summed E-state index contributed by atoms with van der Waals surface area (Å²) in [5.41, 5.74) is 1.15. The maximum Gasteiger partial charge on any atom is 0.194 e. The fourth-order valence-corrected chi connectivity index (χ4v) is 5.54. The van der Waals surface area contributed by atoms with Crippen LogP contribution in [0.4, 0.5) is 5.69 Å². The van der Waals surface area contributed by atoms with Crippen molar-refractivity contribution in [3.63, 3.8) is 0 Å². The molecule has 0 bridgehead atoms. The van der Waals surface area contributed by atoms with Crippen LogP contribution in [0.25, 0.3) is 0 Å². The molecule has 6 nitrogen and oxygen atoms in total. The van der Waals surface area contributed by atoms with Crippen LogP contribution in [0.5, 0.6) is 0 Å². The van der Waals surface area contributed by atoms with Gasteiger partial charge in [-0.2, -0.15) is 0 Å². The summed E-state index contributed by atoms with van der Waals surface area (Å²) in [4.78, 5) is 9.31. The predicted octanol–water partition coefficient (Wildman–Crippen LogP) is 2.48. The molecule has 1 atom stereocenters. The first kappa shape index (κ1) is 22.5. The van der Waals surface area contributed by atoms with Crippen molar-refractivity contribution in [2.75, 3.05) is 55.7 Å². The zero-order valence-electron chi connectivity index (χ0n) is 15.6. The largest absolute Gasteiger partial charge is 0.368 e. The molecule has 0 radical (unpaired) electrons. The third-order valence-corrected chi connectivity index (χ3v) is 6.99. The molecular formula is C18H28ClIN4O2S. The van der Waals surface area contributed by atoms with E-state index in [4.69, 9.17) is 16.6 Å². The van der Waals surface area contributed by atoms with Gasteiger partial charge in [-0.3, -0.25) is 4.99 Å². The van der Waals surface area contributed by atoms with E-state index < -0.39 is 9.84 Å². The van der Waals surface area contributed by atoms with Gasteiger partial charge in [-0.05, 0) is 37.5 Å². The molecule has 2 fully saturated rings. The Balaban J connectivity index is 0.00000261. The molecule has 0 aromatic heterocycles. The van der Waals surface area contributed by atoms with Gasteiger partial charge in [0.25, 0.3) is 0 Å². The zero-order chi connectivity index (χ0) is 18.6. The van der Waals surface area contributed by atoms with Crippen molar-refractivity contribution in [2.45, 2.75) is 13.3 Å². The first-order valence-electron chi connectivity index (χ1n) is 9.21. The molecule has 2 aliphatic heterocycles. The number of guanidine groups is 1. The fourth-order valence-electron chi connectivity index (χ4n) is 3.51. The molecule has 1 aromatic rings. The number of halogens is 2. The van der Waals surface area contributed by atoms with Crippen LogP contribution in [0.1, 0.15) is 13.3 Å². The first-order valence-corrected chi connectivity index (χ1v) is 11.4. The van der Waals surface area contributed by atoms with E-state index in [1.54, 1.807) is 0 Å². The number of nitrogens with one attached hydrogen (secondary N) is 1. The minimum absolute atomic E-state index is 0. The average molecular weight is 527 g/mol. The molecule has 152 valence electrons. The highest BCUT2D eigenvalue weighted by molar-refractivity contribution is 14.0. The number of benzene rings is 1. The lowest BCUT2D eigenvalue weighted by Gasteiger charge is -2.37. The minimum Gasteiger partial charge on any atom is -0.368 e. The van der Waals surface area contributed by atoms with E-state index in [-0.39, 0.29) is 35.6 Å². The monoisotopic (exact) mass is 526 g/mol. The number of hydrogen-bond donors (Lipinski definition) is 1. The van der Waals surface area contributed by atoms with Gasteiger partial charge in [0.05, 0.1) is 11.5 Å². The number of aliphatic imine (C=N–C) groups is 1. The number of rotatable bonds is 4. The molecule has 2 aliphatic rings. The van der Waals surface area contributed by atoms with Crippen molar-refractivity contribution in [2.24, 2.45) is 10.9 Å². The van der Waals surface area contributed by atoms with Crippen molar-refractivity contribution in [1.29, 1.82) is 0 Å². The lowest BCUT2D eigenvalue weighted by molar-refractivity contribution is 0.371. The van der Waals surface area contributed by atoms with Crippen LogP contribution in [0, 0.1) is 5.92 Å². The summed E-state index contributed by atoms with van der Waals surface area (Å²) in [6.45, 7) is 7.00. The van der Waals surface area contributed by atoms with E-state index in [0.29, 0.717) is 12.3 Å². The number of hydrogen-bond acceptors (Lipinski definition) is 4. The second-order valence-corrected chi connectivity index (χ2v) is 9.58. The average Bonchev–Trinajstić information content (AvgIpc) is 2.98. The van der Waals surface area contributed by atoms with Crippen LogP contribution in [-0.2, 0) is 9.84 Å². The first-order chi connectivity index (χ1) is 12.5. The molecule has 1 N–H and O–H groups in total. The van der Waals surface area contributed by atoms with E-state index >= 15 is 0 Å². The third-order valence-electron chi connectivity index (χ3n) is 4.91. The van der Waals surface area contributed by atoms with Crippen LogP contribution in [0.15, 0.2) is 29.3 Å². The van der Waals surface area contributed by atoms with Crippen molar-refractivity contribution in [1.82, 2.24) is 10.2 Å². The Kier molecular flexibility index (Phi) is 8.48. The lowest BCUT2D eigenvalue weighted by atomic mass is 10.1. The van der Waals surface area contributed by atoms with E-state index in [0.717, 1.165) is 55.8 Å². The Bertz CT molecular complexity index is 751. The molecule has 0 aliphatic carbocycles. The predicted molar refractivity (Wildman–Crippen MR) is 123 cm³/mol. The van der Waals surface area contributed by atoms with Crippen LogP contribution in [0.3, 0.4) is 0 Å². The molecule has 2 heterocycles. The highest BCUT2D eigenvalue weighted by atomic mass is 127. The second-order valence-electron chi connectivity index (χ2n) is 6.92. The molecule has 27 heavy (non-hydrogen) atoms. The Morgan fingerprint density at radius 3 is 2.63 bits per heavy atom. The standard InChI is InChI=1S/C18H27ClN4O2S.HI/c1-2-20-18(21-13-15-6-11-26(24,25)14-15)23-9-7-22(8-10-23)17-5-3-4-16(19)12-17;/h3-5,12,15H,2,6-11,13-14H2,1H3,(H,20,21);1H. The molecule has 1 aromatic carbocycles. The Hall–Kier alpha value is -0.740. The fraction of sp³-hybridized carbons (Fsp3) is 0.611. The van der Waals surface area contributed by atoms with Gasteiger partial charge in [0.1, 0.15) is 0 Å². The summed E-state index contributed by atoms with van der Waals surface area (Å²) in [6, 6.07) is 7.95. The molecule has 1 unspecified atom stereocenters. The van der Waals surface area contributed by atoms with E-state index in [1.807, 2.05) is 18.2 Å². The van der Waals surface area contributed by atoms with Gasteiger partial charge in [-0.25, -0.2) is 8.42 Å². The van der Waals surface area contributed by atoms with Gasteiger partial charge in [-0.1, -0.05) is 17.7 Å². The van der Waals surface area contributed by atoms with Crippen molar-refractivity contribution >= 4 is 57.1 Å². The number of anilines is 1. The molecule has 3 rings (SSSR count). The van der Waals surface area contributed by atoms with Crippen molar-refractivity contribution in [3.8, 4) is 0 Å². The van der Waals surface area contributed by atoms with Crippen molar-refractivity contribution < 1.29 is 8.42 Å². The normalized spacial score (nSPS) is 22.4. The van der Waals surface area contributed by atoms with E-state index in [2.05, 4.69) is 28.1 Å². The summed E-state index contributed by atoms with van der Waals surface area (Å²) < 4.78 is 23.2. The van der Waals surface area contributed by atoms with Gasteiger partial charge in [0.2, 0.25) is 0 Å². The zero-order valence-corrected chi connectivity index (χ0v) is 19.5. The minimum atomic E-state index is -2.84. The van der Waals surface area contributed by atoms with Crippen LogP contribution in [0.2, 0.25) is 5.02 Å². The van der Waals surface area contributed by atoms with Gasteiger partial charge in [-0.15, -0.1) is 24.0 Å². The van der Waals surface area contributed by atoms with Crippen LogP contribution in [-0.4, -0.2) is 70.1 Å². The Morgan fingerprint density at radius 1 is 1.30 bits per heavy atom. The van der Waals surface area contributed by atoms with Gasteiger partial charge in [0, 0.05) is 50.0 Å². The second kappa shape index (κ2) is 10.2. The quantitative estimate of drug-likeness (QED) is 0.371. The number of piperazine rings is 1. The summed E-state index contributed by atoms with van der Waals surface area (Å²) >= 11 is 6.10. The third kappa shape index (κ3) is 6.39. The van der Waals surface area contributed by atoms with Gasteiger partial charge < -0.3 is 15.1 Å². The van der Waals surface area contributed by atoms with Gasteiger partial charge in [0.15, 0.2) is 15.8 Å². The molecule has 9 heteroatoms. The molecular weight excluding hydrogens is 499 g/mol. The topological polar surface area (TPSA) is 65.0 Å². The summed E-state index contributed by atoms with van der Waals surface area (Å²) in [6.07, 6.45) is 0.730. The Morgan fingerprint density at radius 2 is 2.04 bits per heavy atom. The van der Waals surface area contributed by atoms with Crippen molar-refractivity contribution in [3.05, 3.63) is 29.3 Å². The summed E-state index contributed by atoms with van der Waals surface area (Å²) in [5.74, 6) is 1.63. The van der Waals surface area contributed by atoms with E-state index in [9.17, 15) is 8.42 Å². The summed E-state index contributed by atoms with van der Waals surface area (Å²) in [5, 5.41) is 4.10. The van der Waals surface area contributed by atoms with Crippen LogP contribution >= 0.6 is 35.6 Å². The SMILES string of the molecule is CCNC(=NCC1CCS(=O)(=O)C1)N1CCN(c2cccc(Cl)c2)CC1.I. The highest BCUT2D eigenvalue weighted by Gasteiger charge is 2.28. The molecule has 2 saturated heterocycles. The summed E-state index contributed by atoms with van der Waals surface area (Å²) in [7, 11) is -2.84.